The smallest absolute Gasteiger partial charge is 0.273 e. The summed E-state index contributed by atoms with van der Waals surface area (Å²) >= 11 is 0. The Balaban J connectivity index is 1.50. The normalized spacial score (nSPS) is 15.8. The molecule has 0 atom stereocenters. The third-order valence-corrected chi connectivity index (χ3v) is 4.66. The lowest BCUT2D eigenvalue weighted by atomic mass is 10.0. The Morgan fingerprint density at radius 3 is 2.78 bits per heavy atom. The van der Waals surface area contributed by atoms with Gasteiger partial charge in [0.25, 0.3) is 5.91 Å². The standard InChI is InChI=1S/C18H23F2N5O2/c1-27-9-6-21-18(26)17-12-25(23-22-17)14-4-7-24(8-5-14)11-13-2-3-15(19)16(20)10-13/h2-3,10,12,14H,4-9,11H2,1H3,(H,21,26). The number of benzene rings is 1. The van der Waals surface area contributed by atoms with Gasteiger partial charge < -0.3 is 10.1 Å². The van der Waals surface area contributed by atoms with Crippen LogP contribution in [-0.2, 0) is 11.3 Å². The summed E-state index contributed by atoms with van der Waals surface area (Å²) in [5.74, 6) is -1.92. The molecule has 2 heterocycles. The number of piperidine rings is 1. The van der Waals surface area contributed by atoms with Crippen LogP contribution in [0.2, 0.25) is 0 Å². The van der Waals surface area contributed by atoms with Crippen molar-refractivity contribution in [3.8, 4) is 0 Å². The molecule has 1 aliphatic heterocycles. The molecule has 3 rings (SSSR count). The van der Waals surface area contributed by atoms with Gasteiger partial charge in [-0.1, -0.05) is 11.3 Å². The second-order valence-corrected chi connectivity index (χ2v) is 6.59. The van der Waals surface area contributed by atoms with Crippen LogP contribution in [-0.4, -0.2) is 59.2 Å². The van der Waals surface area contributed by atoms with Crippen molar-refractivity contribution < 1.29 is 18.3 Å². The lowest BCUT2D eigenvalue weighted by molar-refractivity contribution is 0.0932. The van der Waals surface area contributed by atoms with Crippen LogP contribution in [0.5, 0.6) is 0 Å². The van der Waals surface area contributed by atoms with Gasteiger partial charge >= 0.3 is 0 Å². The maximum absolute atomic E-state index is 13.3. The largest absolute Gasteiger partial charge is 0.383 e. The van der Waals surface area contributed by atoms with E-state index in [2.05, 4.69) is 20.5 Å². The Morgan fingerprint density at radius 2 is 2.07 bits per heavy atom. The first-order valence-corrected chi connectivity index (χ1v) is 8.92. The van der Waals surface area contributed by atoms with Crippen molar-refractivity contribution in [1.82, 2.24) is 25.2 Å². The quantitative estimate of drug-likeness (QED) is 0.743. The number of halogens is 2. The fourth-order valence-corrected chi connectivity index (χ4v) is 3.15. The molecule has 1 aromatic heterocycles. The van der Waals surface area contributed by atoms with Crippen molar-refractivity contribution in [3.63, 3.8) is 0 Å². The van der Waals surface area contributed by atoms with Crippen LogP contribution in [0.3, 0.4) is 0 Å². The van der Waals surface area contributed by atoms with Gasteiger partial charge in [-0.3, -0.25) is 9.69 Å². The second-order valence-electron chi connectivity index (χ2n) is 6.59. The summed E-state index contributed by atoms with van der Waals surface area (Å²) in [6.45, 7) is 3.05. The molecule has 1 N–H and O–H groups in total. The number of ether oxygens (including phenoxy) is 1. The van der Waals surface area contributed by atoms with Crippen LogP contribution in [0.15, 0.2) is 24.4 Å². The highest BCUT2D eigenvalue weighted by Crippen LogP contribution is 2.23. The zero-order chi connectivity index (χ0) is 19.2. The van der Waals surface area contributed by atoms with Crippen LogP contribution in [0.25, 0.3) is 0 Å². The van der Waals surface area contributed by atoms with Gasteiger partial charge in [0.1, 0.15) is 0 Å². The van der Waals surface area contributed by atoms with Crippen LogP contribution >= 0.6 is 0 Å². The number of hydrogen-bond acceptors (Lipinski definition) is 5. The summed E-state index contributed by atoms with van der Waals surface area (Å²) in [5.41, 5.74) is 1.04. The minimum atomic E-state index is -0.828. The van der Waals surface area contributed by atoms with Crippen molar-refractivity contribution in [2.24, 2.45) is 0 Å². The van der Waals surface area contributed by atoms with E-state index < -0.39 is 11.6 Å². The number of nitrogens with zero attached hydrogens (tertiary/aromatic N) is 4. The molecule has 7 nitrogen and oxygen atoms in total. The highest BCUT2D eigenvalue weighted by molar-refractivity contribution is 5.91. The minimum Gasteiger partial charge on any atom is -0.383 e. The molecule has 0 unspecified atom stereocenters. The average Bonchev–Trinajstić information content (AvgIpc) is 3.16. The van der Waals surface area contributed by atoms with E-state index in [9.17, 15) is 13.6 Å². The third kappa shape index (κ3) is 5.08. The number of aromatic nitrogens is 3. The Labute approximate surface area is 156 Å². The van der Waals surface area contributed by atoms with E-state index in [1.165, 1.54) is 6.07 Å². The van der Waals surface area contributed by atoms with Gasteiger partial charge in [0, 0.05) is 33.3 Å². The molecule has 1 saturated heterocycles. The molecule has 1 fully saturated rings. The van der Waals surface area contributed by atoms with Crippen LogP contribution in [0.4, 0.5) is 8.78 Å². The number of rotatable bonds is 7. The van der Waals surface area contributed by atoms with Crippen LogP contribution < -0.4 is 5.32 Å². The summed E-state index contributed by atoms with van der Waals surface area (Å²) in [7, 11) is 1.57. The lowest BCUT2D eigenvalue weighted by Crippen LogP contribution is -2.34. The van der Waals surface area contributed by atoms with E-state index in [0.717, 1.165) is 37.6 Å². The lowest BCUT2D eigenvalue weighted by Gasteiger charge is -2.31. The first-order valence-electron chi connectivity index (χ1n) is 8.92. The van der Waals surface area contributed by atoms with Gasteiger partial charge in [-0.2, -0.15) is 0 Å². The van der Waals surface area contributed by atoms with Gasteiger partial charge in [0.2, 0.25) is 0 Å². The van der Waals surface area contributed by atoms with Gasteiger partial charge in [0.05, 0.1) is 18.8 Å². The number of carbonyl (C=O) groups excluding carboxylic acids is 1. The zero-order valence-corrected chi connectivity index (χ0v) is 15.2. The number of hydrogen-bond donors (Lipinski definition) is 1. The van der Waals surface area contributed by atoms with E-state index in [4.69, 9.17) is 4.74 Å². The minimum absolute atomic E-state index is 0.166. The number of methoxy groups -OCH3 is 1. The fourth-order valence-electron chi connectivity index (χ4n) is 3.15. The first kappa shape index (κ1) is 19.4. The van der Waals surface area contributed by atoms with Crippen molar-refractivity contribution in [3.05, 3.63) is 47.3 Å². The molecule has 9 heteroatoms. The summed E-state index contributed by atoms with van der Waals surface area (Å²) in [4.78, 5) is 14.2. The topological polar surface area (TPSA) is 72.3 Å². The molecule has 0 aliphatic carbocycles. The molecule has 0 bridgehead atoms. The van der Waals surface area contributed by atoms with Crippen molar-refractivity contribution in [2.75, 3.05) is 33.4 Å². The summed E-state index contributed by atoms with van der Waals surface area (Å²) in [6, 6.07) is 4.18. The number of nitrogens with one attached hydrogen (secondary N) is 1. The molecule has 27 heavy (non-hydrogen) atoms. The number of amides is 1. The summed E-state index contributed by atoms with van der Waals surface area (Å²) in [6.07, 6.45) is 3.35. The molecule has 1 aromatic carbocycles. The average molecular weight is 379 g/mol. The van der Waals surface area contributed by atoms with E-state index in [0.29, 0.717) is 19.7 Å². The third-order valence-electron chi connectivity index (χ3n) is 4.66. The maximum atomic E-state index is 13.3. The highest BCUT2D eigenvalue weighted by Gasteiger charge is 2.23. The molecule has 2 aromatic rings. The predicted molar refractivity (Wildman–Crippen MR) is 94.1 cm³/mol. The Morgan fingerprint density at radius 1 is 1.30 bits per heavy atom. The summed E-state index contributed by atoms with van der Waals surface area (Å²) < 4.78 is 33.0. The van der Waals surface area contributed by atoms with Crippen LogP contribution in [0.1, 0.15) is 34.9 Å². The SMILES string of the molecule is COCCNC(=O)c1cn(C2CCN(Cc3ccc(F)c(F)c3)CC2)nn1. The van der Waals surface area contributed by atoms with Crippen molar-refractivity contribution in [2.45, 2.75) is 25.4 Å². The number of carbonyl (C=O) groups is 1. The molecule has 146 valence electrons. The Kier molecular flexibility index (Phi) is 6.46. The number of likely N-dealkylation sites (tertiary alicyclic amines) is 1. The second kappa shape index (κ2) is 9.01. The molecule has 1 aliphatic rings. The predicted octanol–water partition coefficient (Wildman–Crippen LogP) is 1.77. The van der Waals surface area contributed by atoms with Gasteiger partial charge in [-0.25, -0.2) is 13.5 Å². The zero-order valence-electron chi connectivity index (χ0n) is 15.2. The fraction of sp³-hybridized carbons (Fsp3) is 0.500. The van der Waals surface area contributed by atoms with E-state index >= 15 is 0 Å². The Hall–Kier alpha value is -2.39. The molecule has 0 spiro atoms. The molecular weight excluding hydrogens is 356 g/mol. The Bertz CT molecular complexity index is 775. The van der Waals surface area contributed by atoms with Gasteiger partial charge in [-0.15, -0.1) is 5.10 Å². The van der Waals surface area contributed by atoms with E-state index in [1.54, 1.807) is 24.1 Å². The van der Waals surface area contributed by atoms with Gasteiger partial charge in [0.15, 0.2) is 17.3 Å². The summed E-state index contributed by atoms with van der Waals surface area (Å²) in [5, 5.41) is 10.7. The monoisotopic (exact) mass is 379 g/mol. The molecule has 0 saturated carbocycles. The van der Waals surface area contributed by atoms with Crippen molar-refractivity contribution in [1.29, 1.82) is 0 Å². The molecular formula is C18H23F2N5O2. The highest BCUT2D eigenvalue weighted by atomic mass is 19.2. The first-order chi connectivity index (χ1) is 13.1. The molecule has 0 radical (unpaired) electrons. The van der Waals surface area contributed by atoms with Crippen molar-refractivity contribution >= 4 is 5.91 Å². The van der Waals surface area contributed by atoms with E-state index in [-0.39, 0.29) is 17.6 Å². The van der Waals surface area contributed by atoms with Gasteiger partial charge in [-0.05, 0) is 30.5 Å². The van der Waals surface area contributed by atoms with Crippen LogP contribution in [0, 0.1) is 11.6 Å². The maximum Gasteiger partial charge on any atom is 0.273 e. The molecule has 1 amide bonds. The van der Waals surface area contributed by atoms with E-state index in [1.807, 2.05) is 0 Å².